The van der Waals surface area contributed by atoms with Gasteiger partial charge in [0, 0.05) is 35.6 Å². The summed E-state index contributed by atoms with van der Waals surface area (Å²) in [6.45, 7) is 2.85. The lowest BCUT2D eigenvalue weighted by Crippen LogP contribution is -2.49. The highest BCUT2D eigenvalue weighted by atomic mass is 16.1. The molecule has 2 atom stereocenters. The second kappa shape index (κ2) is 6.83. The Morgan fingerprint density at radius 1 is 1.28 bits per heavy atom. The van der Waals surface area contributed by atoms with E-state index in [0.717, 1.165) is 19.3 Å². The van der Waals surface area contributed by atoms with Gasteiger partial charge in [0.05, 0.1) is 0 Å². The minimum Gasteiger partial charge on any atom is -0.361 e. The molecule has 4 nitrogen and oxygen atoms in total. The number of rotatable bonds is 4. The molecule has 2 unspecified atom stereocenters. The topological polar surface area (TPSA) is 70.9 Å². The minimum absolute atomic E-state index is 0.166. The molecule has 1 amide bonds. The van der Waals surface area contributed by atoms with Crippen LogP contribution < -0.4 is 11.1 Å². The third kappa shape index (κ3) is 3.20. The van der Waals surface area contributed by atoms with Crippen LogP contribution in [0.1, 0.15) is 43.2 Å². The number of nitrogens with one attached hydrogen (secondary N) is 2. The fourth-order valence-electron chi connectivity index (χ4n) is 5.12. The van der Waals surface area contributed by atoms with Gasteiger partial charge in [-0.05, 0) is 68.1 Å². The number of amides is 1. The number of hydrogen-bond donors (Lipinski definition) is 3. The Morgan fingerprint density at radius 3 is 2.80 bits per heavy atom. The van der Waals surface area contributed by atoms with E-state index in [1.165, 1.54) is 41.3 Å². The summed E-state index contributed by atoms with van der Waals surface area (Å²) >= 11 is 0. The quantitative estimate of drug-likeness (QED) is 0.800. The van der Waals surface area contributed by atoms with Crippen LogP contribution >= 0.6 is 0 Å². The molecule has 0 saturated heterocycles. The monoisotopic (exact) mass is 339 g/mol. The van der Waals surface area contributed by atoms with Crippen LogP contribution in [-0.2, 0) is 11.2 Å². The maximum Gasteiger partial charge on any atom is 0.223 e. The Bertz CT molecular complexity index is 752. The summed E-state index contributed by atoms with van der Waals surface area (Å²) < 4.78 is 0. The van der Waals surface area contributed by atoms with Crippen LogP contribution in [-0.4, -0.2) is 23.5 Å². The Labute approximate surface area is 149 Å². The van der Waals surface area contributed by atoms with Crippen molar-refractivity contribution in [3.8, 4) is 0 Å². The molecule has 2 aliphatic rings. The zero-order valence-electron chi connectivity index (χ0n) is 15.1. The first-order valence-corrected chi connectivity index (χ1v) is 9.72. The average molecular weight is 339 g/mol. The molecule has 1 aromatic carbocycles. The van der Waals surface area contributed by atoms with Gasteiger partial charge >= 0.3 is 0 Å². The van der Waals surface area contributed by atoms with Crippen molar-refractivity contribution >= 4 is 16.8 Å². The van der Waals surface area contributed by atoms with E-state index in [0.29, 0.717) is 24.4 Å². The van der Waals surface area contributed by atoms with Gasteiger partial charge in [-0.3, -0.25) is 4.79 Å². The molecule has 134 valence electrons. The van der Waals surface area contributed by atoms with Crippen molar-refractivity contribution in [2.45, 2.75) is 51.5 Å². The molecular formula is C21H29N3O. The maximum absolute atomic E-state index is 12.6. The first kappa shape index (κ1) is 16.6. The Hall–Kier alpha value is -1.81. The fraction of sp³-hybridized carbons (Fsp3) is 0.571. The predicted octanol–water partition coefficient (Wildman–Crippen LogP) is 3.29. The van der Waals surface area contributed by atoms with Crippen molar-refractivity contribution in [2.75, 3.05) is 6.54 Å². The van der Waals surface area contributed by atoms with E-state index in [1.807, 2.05) is 0 Å². The molecule has 1 aromatic heterocycles. The zero-order valence-corrected chi connectivity index (χ0v) is 15.1. The highest BCUT2D eigenvalue weighted by Crippen LogP contribution is 2.41. The largest absolute Gasteiger partial charge is 0.361 e. The van der Waals surface area contributed by atoms with E-state index in [9.17, 15) is 4.79 Å². The summed E-state index contributed by atoms with van der Waals surface area (Å²) in [6.07, 6.45) is 8.61. The van der Waals surface area contributed by atoms with Crippen LogP contribution in [0.5, 0.6) is 0 Å². The second-order valence-electron chi connectivity index (χ2n) is 8.05. The summed E-state index contributed by atoms with van der Waals surface area (Å²) in [5.41, 5.74) is 10.1. The molecule has 0 aliphatic heterocycles. The second-order valence-corrected chi connectivity index (χ2v) is 8.05. The molecule has 2 aliphatic carbocycles. The van der Waals surface area contributed by atoms with Gasteiger partial charge in [-0.25, -0.2) is 0 Å². The van der Waals surface area contributed by atoms with Crippen LogP contribution in [0.25, 0.3) is 10.9 Å². The number of hydrogen-bond acceptors (Lipinski definition) is 2. The molecule has 4 heteroatoms. The number of aromatic amines is 1. The van der Waals surface area contributed by atoms with Crippen LogP contribution in [0.4, 0.5) is 0 Å². The SMILES string of the molecule is Cc1cccc2[nH]cc(CCNC(=O)C3CC4CCCC(C3)C4N)c12. The molecule has 2 fully saturated rings. The summed E-state index contributed by atoms with van der Waals surface area (Å²) in [7, 11) is 0. The van der Waals surface area contributed by atoms with Gasteiger partial charge < -0.3 is 16.0 Å². The molecule has 0 radical (unpaired) electrons. The molecule has 2 saturated carbocycles. The smallest absolute Gasteiger partial charge is 0.223 e. The summed E-state index contributed by atoms with van der Waals surface area (Å²) in [4.78, 5) is 16.0. The fourth-order valence-corrected chi connectivity index (χ4v) is 5.12. The van der Waals surface area contributed by atoms with Crippen molar-refractivity contribution in [1.82, 2.24) is 10.3 Å². The molecule has 0 spiro atoms. The van der Waals surface area contributed by atoms with E-state index < -0.39 is 0 Å². The number of benzene rings is 1. The highest BCUT2D eigenvalue weighted by molar-refractivity contribution is 5.86. The third-order valence-corrected chi connectivity index (χ3v) is 6.47. The van der Waals surface area contributed by atoms with Crippen molar-refractivity contribution in [3.05, 3.63) is 35.5 Å². The Kier molecular flexibility index (Phi) is 4.55. The van der Waals surface area contributed by atoms with Gasteiger partial charge in [-0.2, -0.15) is 0 Å². The van der Waals surface area contributed by atoms with E-state index in [2.05, 4.69) is 41.6 Å². The summed E-state index contributed by atoms with van der Waals surface area (Å²) in [5.74, 6) is 1.51. The van der Waals surface area contributed by atoms with E-state index in [4.69, 9.17) is 5.73 Å². The van der Waals surface area contributed by atoms with Gasteiger partial charge in [0.2, 0.25) is 5.91 Å². The Morgan fingerprint density at radius 2 is 2.04 bits per heavy atom. The lowest BCUT2D eigenvalue weighted by Gasteiger charge is -2.43. The van der Waals surface area contributed by atoms with E-state index >= 15 is 0 Å². The van der Waals surface area contributed by atoms with Crippen LogP contribution in [0.15, 0.2) is 24.4 Å². The van der Waals surface area contributed by atoms with E-state index in [1.54, 1.807) is 0 Å². The molecule has 2 aromatic rings. The van der Waals surface area contributed by atoms with Crippen LogP contribution in [0, 0.1) is 24.7 Å². The number of aromatic nitrogens is 1. The number of fused-ring (bicyclic) bond motifs is 3. The maximum atomic E-state index is 12.6. The number of nitrogens with two attached hydrogens (primary N) is 1. The predicted molar refractivity (Wildman–Crippen MR) is 101 cm³/mol. The van der Waals surface area contributed by atoms with Gasteiger partial charge in [0.15, 0.2) is 0 Å². The first-order valence-electron chi connectivity index (χ1n) is 9.72. The third-order valence-electron chi connectivity index (χ3n) is 6.47. The van der Waals surface area contributed by atoms with Gasteiger partial charge in [-0.1, -0.05) is 18.6 Å². The number of aryl methyl sites for hydroxylation is 1. The number of H-pyrrole nitrogens is 1. The molecule has 4 N–H and O–H groups in total. The van der Waals surface area contributed by atoms with Crippen molar-refractivity contribution < 1.29 is 4.79 Å². The molecule has 1 heterocycles. The van der Waals surface area contributed by atoms with Crippen LogP contribution in [0.3, 0.4) is 0 Å². The highest BCUT2D eigenvalue weighted by Gasteiger charge is 2.40. The normalized spacial score (nSPS) is 28.9. The van der Waals surface area contributed by atoms with E-state index in [-0.39, 0.29) is 11.8 Å². The molecule has 4 rings (SSSR count). The van der Waals surface area contributed by atoms with Gasteiger partial charge in [0.25, 0.3) is 0 Å². The standard InChI is InChI=1S/C21H29N3O/c1-13-4-2-7-18-19(13)16(12-24-18)8-9-23-21(25)17-10-14-5-3-6-15(11-17)20(14)22/h2,4,7,12,14-15,17,20,24H,3,5-6,8-11,22H2,1H3,(H,23,25). The van der Waals surface area contributed by atoms with Gasteiger partial charge in [-0.15, -0.1) is 0 Å². The molecule has 25 heavy (non-hydrogen) atoms. The van der Waals surface area contributed by atoms with Crippen molar-refractivity contribution in [3.63, 3.8) is 0 Å². The molecular weight excluding hydrogens is 310 g/mol. The lowest BCUT2D eigenvalue weighted by atomic mass is 9.65. The molecule has 2 bridgehead atoms. The van der Waals surface area contributed by atoms with Crippen LogP contribution in [0.2, 0.25) is 0 Å². The number of carbonyl (C=O) groups excluding carboxylic acids is 1. The number of carbonyl (C=O) groups is 1. The summed E-state index contributed by atoms with van der Waals surface area (Å²) in [6, 6.07) is 6.65. The van der Waals surface area contributed by atoms with Gasteiger partial charge in [0.1, 0.15) is 0 Å². The Balaban J connectivity index is 1.35. The lowest BCUT2D eigenvalue weighted by molar-refractivity contribution is -0.127. The first-order chi connectivity index (χ1) is 12.1. The summed E-state index contributed by atoms with van der Waals surface area (Å²) in [5, 5.41) is 4.49. The van der Waals surface area contributed by atoms with Crippen molar-refractivity contribution in [2.24, 2.45) is 23.5 Å². The van der Waals surface area contributed by atoms with Crippen molar-refractivity contribution in [1.29, 1.82) is 0 Å². The average Bonchev–Trinajstić information content (AvgIpc) is 2.99. The zero-order chi connectivity index (χ0) is 17.4. The minimum atomic E-state index is 0.166.